The molecule has 0 radical (unpaired) electrons. The number of phenols is 1. The fourth-order valence-electron chi connectivity index (χ4n) is 2.25. The number of carbonyl (C=O) groups is 3. The average molecular weight is 394 g/mol. The van der Waals surface area contributed by atoms with Crippen LogP contribution in [0.1, 0.15) is 21.9 Å². The van der Waals surface area contributed by atoms with Gasteiger partial charge in [0, 0.05) is 10.6 Å². The SMILES string of the molecule is COC(=O)c1ccc(CN2C(=O)S/C(=C/c3cc(Cl)ccc3O)C2=O)o1. The lowest BCUT2D eigenvalue weighted by Gasteiger charge is -2.10. The van der Waals surface area contributed by atoms with Crippen molar-refractivity contribution in [2.45, 2.75) is 6.54 Å². The van der Waals surface area contributed by atoms with Crippen molar-refractivity contribution in [1.82, 2.24) is 4.90 Å². The second kappa shape index (κ2) is 7.27. The van der Waals surface area contributed by atoms with Crippen LogP contribution in [0.5, 0.6) is 5.75 Å². The number of hydrogen-bond donors (Lipinski definition) is 1. The molecule has 1 aliphatic heterocycles. The van der Waals surface area contributed by atoms with Crippen LogP contribution >= 0.6 is 23.4 Å². The van der Waals surface area contributed by atoms with Crippen molar-refractivity contribution in [1.29, 1.82) is 0 Å². The Bertz CT molecular complexity index is 935. The number of nitrogens with zero attached hydrogens (tertiary/aromatic N) is 1. The summed E-state index contributed by atoms with van der Waals surface area (Å²) in [5.41, 5.74) is 0.328. The van der Waals surface area contributed by atoms with Gasteiger partial charge in [0.15, 0.2) is 0 Å². The molecule has 1 aromatic heterocycles. The van der Waals surface area contributed by atoms with Crippen molar-refractivity contribution in [3.05, 3.63) is 57.3 Å². The molecule has 1 fully saturated rings. The first-order valence-electron chi connectivity index (χ1n) is 7.30. The van der Waals surface area contributed by atoms with Gasteiger partial charge < -0.3 is 14.3 Å². The van der Waals surface area contributed by atoms with E-state index in [1.807, 2.05) is 0 Å². The smallest absolute Gasteiger partial charge is 0.373 e. The van der Waals surface area contributed by atoms with Gasteiger partial charge in [-0.1, -0.05) is 11.6 Å². The number of aromatic hydroxyl groups is 1. The minimum atomic E-state index is -0.651. The quantitative estimate of drug-likeness (QED) is 0.625. The number of amides is 2. The minimum Gasteiger partial charge on any atom is -0.507 e. The second-order valence-corrected chi connectivity index (χ2v) is 6.66. The van der Waals surface area contributed by atoms with E-state index in [0.29, 0.717) is 10.6 Å². The molecule has 1 aromatic carbocycles. The van der Waals surface area contributed by atoms with Crippen LogP contribution in [-0.4, -0.2) is 34.2 Å². The molecule has 1 saturated heterocycles. The molecule has 0 saturated carbocycles. The van der Waals surface area contributed by atoms with E-state index in [-0.39, 0.29) is 28.7 Å². The largest absolute Gasteiger partial charge is 0.507 e. The molecule has 0 unspecified atom stereocenters. The Hall–Kier alpha value is -2.71. The Labute approximate surface area is 157 Å². The Morgan fingerprint density at radius 1 is 1.35 bits per heavy atom. The van der Waals surface area contributed by atoms with Gasteiger partial charge in [0.2, 0.25) is 5.76 Å². The van der Waals surface area contributed by atoms with Crippen molar-refractivity contribution in [3.63, 3.8) is 0 Å². The Morgan fingerprint density at radius 3 is 2.85 bits per heavy atom. The summed E-state index contributed by atoms with van der Waals surface area (Å²) in [5, 5.41) is 9.75. The van der Waals surface area contributed by atoms with Gasteiger partial charge in [-0.05, 0) is 48.2 Å². The third kappa shape index (κ3) is 3.61. The van der Waals surface area contributed by atoms with Gasteiger partial charge in [-0.3, -0.25) is 14.5 Å². The Morgan fingerprint density at radius 2 is 2.12 bits per heavy atom. The molecule has 0 aliphatic carbocycles. The van der Waals surface area contributed by atoms with Crippen molar-refractivity contribution in [2.75, 3.05) is 7.11 Å². The number of benzene rings is 1. The van der Waals surface area contributed by atoms with Crippen molar-refractivity contribution in [3.8, 4) is 5.75 Å². The molecular weight excluding hydrogens is 382 g/mol. The maximum absolute atomic E-state index is 12.5. The average Bonchev–Trinajstić information content (AvgIpc) is 3.18. The molecule has 2 aromatic rings. The van der Waals surface area contributed by atoms with E-state index in [2.05, 4.69) is 4.74 Å². The second-order valence-electron chi connectivity index (χ2n) is 5.23. The standard InChI is InChI=1S/C17H12ClNO6S/c1-24-16(22)13-5-3-11(25-13)8-19-15(21)14(26-17(19)23)7-9-6-10(18)2-4-12(9)20/h2-7,20H,8H2,1H3/b14-7+. The third-order valence-electron chi connectivity index (χ3n) is 3.51. The van der Waals surface area contributed by atoms with E-state index in [9.17, 15) is 19.5 Å². The van der Waals surface area contributed by atoms with Crippen LogP contribution in [0.15, 0.2) is 39.7 Å². The Balaban J connectivity index is 1.81. The molecule has 26 heavy (non-hydrogen) atoms. The fraction of sp³-hybridized carbons (Fsp3) is 0.118. The van der Waals surface area contributed by atoms with Crippen LogP contribution in [0.2, 0.25) is 5.02 Å². The highest BCUT2D eigenvalue weighted by Crippen LogP contribution is 2.35. The summed E-state index contributed by atoms with van der Waals surface area (Å²) in [5.74, 6) is -1.000. The van der Waals surface area contributed by atoms with Gasteiger partial charge in [-0.25, -0.2) is 4.79 Å². The van der Waals surface area contributed by atoms with Gasteiger partial charge in [0.1, 0.15) is 11.5 Å². The molecule has 0 atom stereocenters. The molecule has 134 valence electrons. The summed E-state index contributed by atoms with van der Waals surface area (Å²) in [6, 6.07) is 7.29. The first-order valence-corrected chi connectivity index (χ1v) is 8.49. The first kappa shape index (κ1) is 18.1. The summed E-state index contributed by atoms with van der Waals surface area (Å²) < 4.78 is 9.81. The highest BCUT2D eigenvalue weighted by atomic mass is 35.5. The number of imide groups is 1. The molecule has 7 nitrogen and oxygen atoms in total. The van der Waals surface area contributed by atoms with Crippen molar-refractivity contribution in [2.24, 2.45) is 0 Å². The van der Waals surface area contributed by atoms with E-state index in [1.54, 1.807) is 0 Å². The number of thioether (sulfide) groups is 1. The fourth-order valence-corrected chi connectivity index (χ4v) is 3.26. The van der Waals surface area contributed by atoms with Crippen LogP contribution < -0.4 is 0 Å². The maximum Gasteiger partial charge on any atom is 0.373 e. The minimum absolute atomic E-state index is 0.0196. The van der Waals surface area contributed by atoms with E-state index in [1.165, 1.54) is 43.5 Å². The summed E-state index contributed by atoms with van der Waals surface area (Å²) in [6.45, 7) is -0.124. The van der Waals surface area contributed by atoms with E-state index < -0.39 is 17.1 Å². The number of hydrogen-bond acceptors (Lipinski definition) is 7. The van der Waals surface area contributed by atoms with Crippen LogP contribution in [0.25, 0.3) is 6.08 Å². The lowest BCUT2D eigenvalue weighted by molar-refractivity contribution is -0.123. The van der Waals surface area contributed by atoms with E-state index >= 15 is 0 Å². The number of furan rings is 1. The third-order valence-corrected chi connectivity index (χ3v) is 4.65. The van der Waals surface area contributed by atoms with E-state index in [4.69, 9.17) is 16.0 Å². The zero-order valence-electron chi connectivity index (χ0n) is 13.4. The lowest BCUT2D eigenvalue weighted by Crippen LogP contribution is -2.27. The molecule has 1 N–H and O–H groups in total. The lowest BCUT2D eigenvalue weighted by atomic mass is 10.2. The maximum atomic E-state index is 12.5. The molecule has 0 spiro atoms. The number of phenolic OH excluding ortho intramolecular Hbond substituents is 1. The molecule has 2 heterocycles. The predicted octanol–water partition coefficient (Wildman–Crippen LogP) is 3.66. The highest BCUT2D eigenvalue weighted by Gasteiger charge is 2.36. The summed E-state index contributed by atoms with van der Waals surface area (Å²) in [7, 11) is 1.22. The van der Waals surface area contributed by atoms with Crippen LogP contribution in [0, 0.1) is 0 Å². The van der Waals surface area contributed by atoms with Gasteiger partial charge >= 0.3 is 5.97 Å². The molecule has 0 bridgehead atoms. The molecule has 2 amide bonds. The normalized spacial score (nSPS) is 15.8. The number of carbonyl (C=O) groups excluding carboxylic acids is 3. The van der Waals surface area contributed by atoms with Gasteiger partial charge in [0.25, 0.3) is 11.1 Å². The van der Waals surface area contributed by atoms with Crippen LogP contribution in [0.3, 0.4) is 0 Å². The van der Waals surface area contributed by atoms with E-state index in [0.717, 1.165) is 16.7 Å². The number of halogens is 1. The number of rotatable bonds is 4. The van der Waals surface area contributed by atoms with Crippen LogP contribution in [-0.2, 0) is 16.1 Å². The molecule has 3 rings (SSSR count). The number of methoxy groups -OCH3 is 1. The summed E-state index contributed by atoms with van der Waals surface area (Å²) in [6.07, 6.45) is 1.40. The molecule has 1 aliphatic rings. The zero-order chi connectivity index (χ0) is 18.8. The van der Waals surface area contributed by atoms with Gasteiger partial charge in [-0.2, -0.15) is 0 Å². The summed E-state index contributed by atoms with van der Waals surface area (Å²) >= 11 is 6.62. The monoisotopic (exact) mass is 393 g/mol. The predicted molar refractivity (Wildman–Crippen MR) is 94.7 cm³/mol. The Kier molecular flexibility index (Phi) is 5.06. The highest BCUT2D eigenvalue weighted by molar-refractivity contribution is 8.18. The van der Waals surface area contributed by atoms with Crippen molar-refractivity contribution >= 4 is 46.6 Å². The molecule has 9 heteroatoms. The first-order chi connectivity index (χ1) is 12.4. The number of ether oxygens (including phenoxy) is 1. The van der Waals surface area contributed by atoms with Gasteiger partial charge in [-0.15, -0.1) is 0 Å². The topological polar surface area (TPSA) is 97.0 Å². The zero-order valence-corrected chi connectivity index (χ0v) is 15.0. The number of esters is 1. The van der Waals surface area contributed by atoms with Gasteiger partial charge in [0.05, 0.1) is 18.6 Å². The summed E-state index contributed by atoms with van der Waals surface area (Å²) in [4.78, 5) is 37.2. The van der Waals surface area contributed by atoms with Crippen molar-refractivity contribution < 1.29 is 28.6 Å². The van der Waals surface area contributed by atoms with Crippen LogP contribution in [0.4, 0.5) is 4.79 Å². The molecular formula is C17H12ClNO6S.